The van der Waals surface area contributed by atoms with Crippen LogP contribution in [0.25, 0.3) is 0 Å². The summed E-state index contributed by atoms with van der Waals surface area (Å²) in [6, 6.07) is 0.0107. The fourth-order valence-corrected chi connectivity index (χ4v) is 2.29. The van der Waals surface area contributed by atoms with E-state index in [-0.39, 0.29) is 12.6 Å². The maximum absolute atomic E-state index is 12.3. The average molecular weight is 223 g/mol. The molecule has 0 aliphatic carbocycles. The normalized spacial score (nSPS) is 35.2. The summed E-state index contributed by atoms with van der Waals surface area (Å²) in [4.78, 5) is 2.16. The van der Waals surface area contributed by atoms with Crippen molar-refractivity contribution < 1.29 is 13.2 Å². The first kappa shape index (κ1) is 11.2. The van der Waals surface area contributed by atoms with Crippen LogP contribution in [-0.4, -0.2) is 48.4 Å². The van der Waals surface area contributed by atoms with Crippen LogP contribution in [0.5, 0.6) is 0 Å². The van der Waals surface area contributed by atoms with Gasteiger partial charge in [-0.15, -0.1) is 5.01 Å². The molecule has 0 saturated carbocycles. The van der Waals surface area contributed by atoms with Gasteiger partial charge in [-0.3, -0.25) is 4.90 Å². The highest BCUT2D eigenvalue weighted by atomic mass is 19.4. The fourth-order valence-electron chi connectivity index (χ4n) is 2.29. The molecule has 6 heteroatoms. The van der Waals surface area contributed by atoms with Crippen LogP contribution in [-0.2, 0) is 0 Å². The van der Waals surface area contributed by atoms with Crippen LogP contribution < -0.4 is 5.43 Å². The van der Waals surface area contributed by atoms with Crippen molar-refractivity contribution in [2.24, 2.45) is 5.92 Å². The van der Waals surface area contributed by atoms with E-state index in [1.165, 1.54) is 0 Å². The zero-order valence-electron chi connectivity index (χ0n) is 8.72. The lowest BCUT2D eigenvalue weighted by Gasteiger charge is -2.23. The molecule has 2 atom stereocenters. The molecule has 3 nitrogen and oxygen atoms in total. The minimum atomic E-state index is -4.25. The van der Waals surface area contributed by atoms with Crippen molar-refractivity contribution in [1.82, 2.24) is 15.3 Å². The summed E-state index contributed by atoms with van der Waals surface area (Å²) in [5, 5.41) is 0.390. The van der Waals surface area contributed by atoms with Crippen LogP contribution in [0, 0.1) is 5.92 Å². The molecule has 0 bridgehead atoms. The van der Waals surface area contributed by atoms with E-state index in [4.69, 9.17) is 0 Å². The number of hydrogen-bond acceptors (Lipinski definition) is 3. The largest absolute Gasteiger partial charge is 0.473 e. The van der Waals surface area contributed by atoms with Gasteiger partial charge < -0.3 is 0 Å². The SMILES string of the molecule is CC1CCN(C2CNN(C(F)(F)F)C2)C1. The highest BCUT2D eigenvalue weighted by Crippen LogP contribution is 2.25. The molecular formula is C9H16F3N3. The Balaban J connectivity index is 1.87. The number of alkyl halides is 3. The van der Waals surface area contributed by atoms with Crippen LogP contribution in [0.4, 0.5) is 13.2 Å². The lowest BCUT2D eigenvalue weighted by Crippen LogP contribution is -2.43. The number of rotatable bonds is 1. The number of halogens is 3. The van der Waals surface area contributed by atoms with Gasteiger partial charge in [0.15, 0.2) is 0 Å². The van der Waals surface area contributed by atoms with Gasteiger partial charge in [-0.05, 0) is 18.9 Å². The Bertz CT molecular complexity index is 231. The Morgan fingerprint density at radius 2 is 2.00 bits per heavy atom. The third-order valence-corrected chi connectivity index (χ3v) is 3.19. The molecule has 0 aromatic carbocycles. The van der Waals surface area contributed by atoms with Crippen LogP contribution in [0.3, 0.4) is 0 Å². The number of nitrogens with zero attached hydrogens (tertiary/aromatic N) is 2. The van der Waals surface area contributed by atoms with Crippen molar-refractivity contribution in [3.05, 3.63) is 0 Å². The zero-order chi connectivity index (χ0) is 11.1. The van der Waals surface area contributed by atoms with E-state index in [0.29, 0.717) is 17.5 Å². The first-order valence-corrected chi connectivity index (χ1v) is 5.28. The van der Waals surface area contributed by atoms with E-state index in [9.17, 15) is 13.2 Å². The van der Waals surface area contributed by atoms with Crippen molar-refractivity contribution in [1.29, 1.82) is 0 Å². The minimum Gasteiger partial charge on any atom is -0.297 e. The average Bonchev–Trinajstić information content (AvgIpc) is 2.69. The van der Waals surface area contributed by atoms with Gasteiger partial charge in [0.2, 0.25) is 0 Å². The Morgan fingerprint density at radius 3 is 2.47 bits per heavy atom. The predicted octanol–water partition coefficient (Wildman–Crippen LogP) is 1.04. The van der Waals surface area contributed by atoms with Gasteiger partial charge in [0.05, 0.1) is 0 Å². The first-order chi connectivity index (χ1) is 6.97. The molecular weight excluding hydrogens is 207 g/mol. The molecule has 2 heterocycles. The highest BCUT2D eigenvalue weighted by molar-refractivity contribution is 4.86. The van der Waals surface area contributed by atoms with Crippen molar-refractivity contribution in [3.63, 3.8) is 0 Å². The summed E-state index contributed by atoms with van der Waals surface area (Å²) in [6.07, 6.45) is -3.15. The predicted molar refractivity (Wildman–Crippen MR) is 49.9 cm³/mol. The molecule has 1 N–H and O–H groups in total. The van der Waals surface area contributed by atoms with Gasteiger partial charge in [0.25, 0.3) is 0 Å². The number of likely N-dealkylation sites (tertiary alicyclic amines) is 1. The topological polar surface area (TPSA) is 18.5 Å². The molecule has 0 aromatic heterocycles. The van der Waals surface area contributed by atoms with Crippen molar-refractivity contribution >= 4 is 0 Å². The Kier molecular flexibility index (Phi) is 2.92. The summed E-state index contributed by atoms with van der Waals surface area (Å²) >= 11 is 0. The van der Waals surface area contributed by atoms with Crippen molar-refractivity contribution in [2.45, 2.75) is 25.7 Å². The van der Waals surface area contributed by atoms with Gasteiger partial charge >= 0.3 is 6.30 Å². The third-order valence-electron chi connectivity index (χ3n) is 3.19. The lowest BCUT2D eigenvalue weighted by atomic mass is 10.2. The van der Waals surface area contributed by atoms with Crippen molar-refractivity contribution in [3.8, 4) is 0 Å². The fraction of sp³-hybridized carbons (Fsp3) is 1.00. The van der Waals surface area contributed by atoms with E-state index in [1.54, 1.807) is 0 Å². The summed E-state index contributed by atoms with van der Waals surface area (Å²) in [5.41, 5.74) is 2.41. The second kappa shape index (κ2) is 3.92. The maximum atomic E-state index is 12.3. The smallest absolute Gasteiger partial charge is 0.297 e. The number of nitrogens with one attached hydrogen (secondary N) is 1. The van der Waals surface area contributed by atoms with Crippen LogP contribution in [0.1, 0.15) is 13.3 Å². The molecule has 2 aliphatic heterocycles. The van der Waals surface area contributed by atoms with E-state index >= 15 is 0 Å². The molecule has 88 valence electrons. The van der Waals surface area contributed by atoms with Crippen molar-refractivity contribution in [2.75, 3.05) is 26.2 Å². The summed E-state index contributed by atoms with van der Waals surface area (Å²) in [7, 11) is 0. The highest BCUT2D eigenvalue weighted by Gasteiger charge is 2.44. The number of hydrogen-bond donors (Lipinski definition) is 1. The zero-order valence-corrected chi connectivity index (χ0v) is 8.72. The Hall–Kier alpha value is -0.330. The summed E-state index contributed by atoms with van der Waals surface area (Å²) in [5.74, 6) is 0.616. The van der Waals surface area contributed by atoms with Gasteiger partial charge in [-0.2, -0.15) is 13.2 Å². The standard InChI is InChI=1S/C9H16F3N3/c1-7-2-3-14(5-7)8-4-13-15(6-8)9(10,11)12/h7-8,13H,2-6H2,1H3. The molecule has 2 rings (SSSR count). The van der Waals surface area contributed by atoms with Gasteiger partial charge in [-0.25, -0.2) is 5.43 Å². The molecule has 0 radical (unpaired) electrons. The molecule has 0 aromatic rings. The lowest BCUT2D eigenvalue weighted by molar-refractivity contribution is -0.255. The Labute approximate surface area is 87.2 Å². The molecule has 2 fully saturated rings. The first-order valence-electron chi connectivity index (χ1n) is 5.28. The van der Waals surface area contributed by atoms with Gasteiger partial charge in [-0.1, -0.05) is 6.92 Å². The molecule has 2 unspecified atom stereocenters. The molecule has 2 aliphatic rings. The van der Waals surface area contributed by atoms with E-state index in [1.807, 2.05) is 0 Å². The number of hydrazine groups is 1. The quantitative estimate of drug-likeness (QED) is 0.670. The summed E-state index contributed by atoms with van der Waals surface area (Å²) in [6.45, 7) is 4.46. The van der Waals surface area contributed by atoms with Crippen LogP contribution in [0.2, 0.25) is 0 Å². The second-order valence-corrected chi connectivity index (χ2v) is 4.48. The molecule has 15 heavy (non-hydrogen) atoms. The maximum Gasteiger partial charge on any atom is 0.473 e. The Morgan fingerprint density at radius 1 is 1.27 bits per heavy atom. The summed E-state index contributed by atoms with van der Waals surface area (Å²) < 4.78 is 37.0. The minimum absolute atomic E-state index is 0.0107. The second-order valence-electron chi connectivity index (χ2n) is 4.48. The van der Waals surface area contributed by atoms with Gasteiger partial charge in [0.1, 0.15) is 0 Å². The van der Waals surface area contributed by atoms with Crippen LogP contribution >= 0.6 is 0 Å². The van der Waals surface area contributed by atoms with Crippen LogP contribution in [0.15, 0.2) is 0 Å². The van der Waals surface area contributed by atoms with E-state index in [0.717, 1.165) is 19.5 Å². The van der Waals surface area contributed by atoms with Gasteiger partial charge in [0, 0.05) is 25.7 Å². The van der Waals surface area contributed by atoms with E-state index in [2.05, 4.69) is 17.2 Å². The molecule has 2 saturated heterocycles. The third kappa shape index (κ3) is 2.43. The monoisotopic (exact) mass is 223 g/mol. The van der Waals surface area contributed by atoms with E-state index < -0.39 is 6.30 Å². The molecule has 0 spiro atoms. The molecule has 0 amide bonds.